The zero-order valence-corrected chi connectivity index (χ0v) is 14.1. The third-order valence-corrected chi connectivity index (χ3v) is 4.92. The van der Waals surface area contributed by atoms with Gasteiger partial charge in [0, 0.05) is 17.6 Å². The van der Waals surface area contributed by atoms with E-state index in [1.54, 1.807) is 11.3 Å². The Hall–Kier alpha value is -1.10. The molecule has 0 aliphatic carbocycles. The van der Waals surface area contributed by atoms with Gasteiger partial charge in [-0.3, -0.25) is 0 Å². The van der Waals surface area contributed by atoms with Gasteiger partial charge in [0.25, 0.3) is 0 Å². The summed E-state index contributed by atoms with van der Waals surface area (Å²) in [6.07, 6.45) is 2.72. The van der Waals surface area contributed by atoms with Crippen LogP contribution in [0.1, 0.15) is 28.6 Å². The Morgan fingerprint density at radius 2 is 2.14 bits per heavy atom. The largest absolute Gasteiger partial charge is 0.311 e. The quantitative estimate of drug-likeness (QED) is 0.626. The highest BCUT2D eigenvalue weighted by molar-refractivity contribution is 7.16. The van der Waals surface area contributed by atoms with Crippen molar-refractivity contribution in [2.75, 3.05) is 0 Å². The maximum atomic E-state index is 6.29. The molecule has 0 aliphatic heterocycles. The van der Waals surface area contributed by atoms with E-state index < -0.39 is 0 Å². The number of aromatic nitrogens is 3. The third-order valence-electron chi connectivity index (χ3n) is 3.43. The zero-order chi connectivity index (χ0) is 15.0. The minimum absolute atomic E-state index is 0.148. The Labute approximate surface area is 137 Å². The van der Waals surface area contributed by atoms with Crippen molar-refractivity contribution >= 4 is 45.7 Å². The highest BCUT2D eigenvalue weighted by Crippen LogP contribution is 2.27. The molecular formula is C15H15Cl2N3S. The first-order chi connectivity index (χ1) is 10.1. The van der Waals surface area contributed by atoms with Crippen LogP contribution in [-0.2, 0) is 13.0 Å². The van der Waals surface area contributed by atoms with E-state index in [-0.39, 0.29) is 5.38 Å². The van der Waals surface area contributed by atoms with Crippen molar-refractivity contribution in [3.8, 4) is 0 Å². The summed E-state index contributed by atoms with van der Waals surface area (Å²) in [7, 11) is 0. The second-order valence-corrected chi connectivity index (χ2v) is 7.45. The Balaban J connectivity index is 1.99. The minimum Gasteiger partial charge on any atom is -0.311 e. The van der Waals surface area contributed by atoms with Gasteiger partial charge in [-0.05, 0) is 44.0 Å². The number of rotatable bonds is 4. The van der Waals surface area contributed by atoms with E-state index >= 15 is 0 Å². The van der Waals surface area contributed by atoms with Crippen LogP contribution in [0.5, 0.6) is 0 Å². The standard InChI is InChI=1S/C15H15Cl2N3S/c1-9-5-7-18-15-13(9)19-14(10(2)16)20(15)8-6-11-3-4-12(17)21-11/h3-5,7,10H,6,8H2,1-2H3. The predicted octanol–water partition coefficient (Wildman–Crippen LogP) is 5.00. The molecule has 3 heterocycles. The Morgan fingerprint density at radius 3 is 2.81 bits per heavy atom. The number of hydrogen-bond donors (Lipinski definition) is 0. The topological polar surface area (TPSA) is 30.7 Å². The van der Waals surface area contributed by atoms with Gasteiger partial charge in [-0.2, -0.15) is 0 Å². The molecule has 0 aliphatic rings. The fourth-order valence-electron chi connectivity index (χ4n) is 2.39. The average molecular weight is 340 g/mol. The molecule has 0 bridgehead atoms. The highest BCUT2D eigenvalue weighted by atomic mass is 35.5. The molecule has 3 rings (SSSR count). The Kier molecular flexibility index (Phi) is 4.20. The fourth-order valence-corrected chi connectivity index (χ4v) is 3.63. The summed E-state index contributed by atoms with van der Waals surface area (Å²) in [6.45, 7) is 4.79. The highest BCUT2D eigenvalue weighted by Gasteiger charge is 2.17. The van der Waals surface area contributed by atoms with Crippen LogP contribution < -0.4 is 0 Å². The lowest BCUT2D eigenvalue weighted by atomic mass is 10.3. The molecule has 0 spiro atoms. The molecule has 6 heteroatoms. The monoisotopic (exact) mass is 339 g/mol. The Bertz CT molecular complexity index is 776. The summed E-state index contributed by atoms with van der Waals surface area (Å²) in [5.41, 5.74) is 2.96. The van der Waals surface area contributed by atoms with Crippen molar-refractivity contribution in [2.24, 2.45) is 0 Å². The normalized spacial score (nSPS) is 13.0. The first-order valence-corrected chi connectivity index (χ1v) is 8.39. The molecule has 21 heavy (non-hydrogen) atoms. The molecule has 0 saturated heterocycles. The molecule has 0 amide bonds. The van der Waals surface area contributed by atoms with Crippen LogP contribution in [0.4, 0.5) is 0 Å². The van der Waals surface area contributed by atoms with Gasteiger partial charge in [0.2, 0.25) is 0 Å². The van der Waals surface area contributed by atoms with Crippen LogP contribution in [0, 0.1) is 6.92 Å². The Morgan fingerprint density at radius 1 is 1.33 bits per heavy atom. The van der Waals surface area contributed by atoms with Gasteiger partial charge in [-0.1, -0.05) is 11.6 Å². The summed E-state index contributed by atoms with van der Waals surface area (Å²) >= 11 is 13.9. The SMILES string of the molecule is Cc1ccnc2c1nc(C(C)Cl)n2CCc1ccc(Cl)s1. The lowest BCUT2D eigenvalue weighted by Crippen LogP contribution is -2.07. The lowest BCUT2D eigenvalue weighted by molar-refractivity contribution is 0.667. The third kappa shape index (κ3) is 2.93. The number of pyridine rings is 1. The van der Waals surface area contributed by atoms with Crippen molar-refractivity contribution in [1.82, 2.24) is 14.5 Å². The van der Waals surface area contributed by atoms with Crippen LogP contribution in [-0.4, -0.2) is 14.5 Å². The van der Waals surface area contributed by atoms with E-state index in [2.05, 4.69) is 20.6 Å². The van der Waals surface area contributed by atoms with Crippen molar-refractivity contribution < 1.29 is 0 Å². The van der Waals surface area contributed by atoms with Crippen LogP contribution in [0.25, 0.3) is 11.2 Å². The van der Waals surface area contributed by atoms with E-state index in [0.717, 1.165) is 39.9 Å². The number of halogens is 2. The molecular weight excluding hydrogens is 325 g/mol. The molecule has 1 atom stereocenters. The second kappa shape index (κ2) is 5.95. The maximum absolute atomic E-state index is 6.29. The number of nitrogens with zero attached hydrogens (tertiary/aromatic N) is 3. The predicted molar refractivity (Wildman–Crippen MR) is 89.6 cm³/mol. The fraction of sp³-hybridized carbons (Fsp3) is 0.333. The van der Waals surface area contributed by atoms with Crippen LogP contribution in [0.3, 0.4) is 0 Å². The van der Waals surface area contributed by atoms with Gasteiger partial charge >= 0.3 is 0 Å². The van der Waals surface area contributed by atoms with E-state index in [9.17, 15) is 0 Å². The van der Waals surface area contributed by atoms with Gasteiger partial charge in [-0.25, -0.2) is 9.97 Å². The van der Waals surface area contributed by atoms with E-state index in [1.807, 2.05) is 32.2 Å². The molecule has 110 valence electrons. The van der Waals surface area contributed by atoms with Crippen LogP contribution in [0.15, 0.2) is 24.4 Å². The first-order valence-electron chi connectivity index (χ1n) is 6.76. The van der Waals surface area contributed by atoms with Crippen molar-refractivity contribution in [2.45, 2.75) is 32.2 Å². The smallest absolute Gasteiger partial charge is 0.160 e. The zero-order valence-electron chi connectivity index (χ0n) is 11.8. The second-order valence-electron chi connectivity index (χ2n) is 4.99. The molecule has 0 aromatic carbocycles. The van der Waals surface area contributed by atoms with E-state index in [0.29, 0.717) is 0 Å². The number of alkyl halides is 1. The van der Waals surface area contributed by atoms with Crippen molar-refractivity contribution in [3.05, 3.63) is 45.0 Å². The molecule has 0 N–H and O–H groups in total. The molecule has 0 saturated carbocycles. The van der Waals surface area contributed by atoms with Gasteiger partial charge in [0.1, 0.15) is 11.3 Å². The summed E-state index contributed by atoms with van der Waals surface area (Å²) in [6, 6.07) is 5.97. The molecule has 3 nitrogen and oxygen atoms in total. The first kappa shape index (κ1) is 14.8. The van der Waals surface area contributed by atoms with E-state index in [1.165, 1.54) is 4.88 Å². The van der Waals surface area contributed by atoms with Crippen LogP contribution >= 0.6 is 34.5 Å². The molecule has 3 aromatic rings. The summed E-state index contributed by atoms with van der Waals surface area (Å²) in [4.78, 5) is 10.4. The molecule has 0 radical (unpaired) electrons. The number of imidazole rings is 1. The summed E-state index contributed by atoms with van der Waals surface area (Å²) in [5.74, 6) is 0.871. The number of fused-ring (bicyclic) bond motifs is 1. The maximum Gasteiger partial charge on any atom is 0.160 e. The lowest BCUT2D eigenvalue weighted by Gasteiger charge is -2.09. The molecule has 1 unspecified atom stereocenters. The van der Waals surface area contributed by atoms with E-state index in [4.69, 9.17) is 23.2 Å². The molecule has 3 aromatic heterocycles. The van der Waals surface area contributed by atoms with Gasteiger partial charge in [0.05, 0.1) is 9.71 Å². The number of aryl methyl sites for hydroxylation is 3. The van der Waals surface area contributed by atoms with Crippen molar-refractivity contribution in [3.63, 3.8) is 0 Å². The summed E-state index contributed by atoms with van der Waals surface area (Å²) < 4.78 is 2.94. The number of thiophene rings is 1. The minimum atomic E-state index is -0.148. The molecule has 0 fully saturated rings. The van der Waals surface area contributed by atoms with Crippen LogP contribution in [0.2, 0.25) is 4.34 Å². The van der Waals surface area contributed by atoms with Gasteiger partial charge < -0.3 is 4.57 Å². The summed E-state index contributed by atoms with van der Waals surface area (Å²) in [5, 5.41) is -0.148. The average Bonchev–Trinajstić information content (AvgIpc) is 3.01. The van der Waals surface area contributed by atoms with Gasteiger partial charge in [0.15, 0.2) is 5.65 Å². The number of hydrogen-bond acceptors (Lipinski definition) is 3. The van der Waals surface area contributed by atoms with Crippen molar-refractivity contribution in [1.29, 1.82) is 0 Å². The van der Waals surface area contributed by atoms with Gasteiger partial charge in [-0.15, -0.1) is 22.9 Å².